The van der Waals surface area contributed by atoms with Crippen molar-refractivity contribution in [2.45, 2.75) is 6.18 Å². The van der Waals surface area contributed by atoms with Gasteiger partial charge in [0, 0.05) is 5.75 Å². The predicted molar refractivity (Wildman–Crippen MR) is 56.9 cm³/mol. The lowest BCUT2D eigenvalue weighted by molar-refractivity contribution is -0.137. The Morgan fingerprint density at radius 2 is 1.75 bits per heavy atom. The fourth-order valence-electron chi connectivity index (χ4n) is 1.41. The zero-order valence-electron chi connectivity index (χ0n) is 8.04. The minimum Gasteiger partial charge on any atom is -0.282 e. The van der Waals surface area contributed by atoms with Crippen LogP contribution in [0.1, 0.15) is 11.1 Å². The Hall–Kier alpha value is -1.23. The maximum atomic E-state index is 12.3. The molecule has 0 unspecified atom stereocenters. The van der Waals surface area contributed by atoms with Gasteiger partial charge >= 0.3 is 6.18 Å². The Labute approximate surface area is 94.3 Å². The van der Waals surface area contributed by atoms with Crippen molar-refractivity contribution in [3.05, 3.63) is 41.5 Å². The first kappa shape index (κ1) is 11.3. The molecule has 0 saturated carbocycles. The van der Waals surface area contributed by atoms with E-state index in [1.165, 1.54) is 18.2 Å². The minimum atomic E-state index is -4.31. The van der Waals surface area contributed by atoms with E-state index in [2.05, 4.69) is 0 Å². The third kappa shape index (κ3) is 2.29. The number of alkyl halides is 3. The Morgan fingerprint density at radius 3 is 2.19 bits per heavy atom. The van der Waals surface area contributed by atoms with Crippen LogP contribution in [0, 0.1) is 0 Å². The quantitative estimate of drug-likeness (QED) is 0.753. The first-order valence-electron chi connectivity index (χ1n) is 4.52. The molecule has 1 aliphatic heterocycles. The second-order valence-electron chi connectivity index (χ2n) is 3.35. The van der Waals surface area contributed by atoms with E-state index in [4.69, 9.17) is 0 Å². The average Bonchev–Trinajstić information content (AvgIpc) is 2.64. The van der Waals surface area contributed by atoms with Gasteiger partial charge in [-0.3, -0.25) is 4.79 Å². The standard InChI is InChI=1S/C11H7F3OS/c12-11(13,14)9-3-1-7(2-4-9)8-5-10(15)16-6-8/h1-5H,6H2. The lowest BCUT2D eigenvalue weighted by Crippen LogP contribution is -2.04. The smallest absolute Gasteiger partial charge is 0.282 e. The molecule has 0 radical (unpaired) electrons. The van der Waals surface area contributed by atoms with Crippen LogP contribution in [0.2, 0.25) is 0 Å². The second-order valence-corrected chi connectivity index (χ2v) is 4.33. The molecule has 0 saturated heterocycles. The molecule has 0 aromatic heterocycles. The largest absolute Gasteiger partial charge is 0.416 e. The molecular weight excluding hydrogens is 237 g/mol. The summed E-state index contributed by atoms with van der Waals surface area (Å²) in [7, 11) is 0. The molecule has 0 atom stereocenters. The van der Waals surface area contributed by atoms with Crippen LogP contribution < -0.4 is 0 Å². The van der Waals surface area contributed by atoms with Crippen molar-refractivity contribution in [1.82, 2.24) is 0 Å². The monoisotopic (exact) mass is 244 g/mol. The van der Waals surface area contributed by atoms with E-state index in [1.807, 2.05) is 0 Å². The molecule has 0 bridgehead atoms. The van der Waals surface area contributed by atoms with Crippen LogP contribution in [0.5, 0.6) is 0 Å². The van der Waals surface area contributed by atoms with Crippen LogP contribution in [-0.2, 0) is 11.0 Å². The van der Waals surface area contributed by atoms with Gasteiger partial charge in [0.25, 0.3) is 0 Å². The van der Waals surface area contributed by atoms with Crippen LogP contribution in [0.3, 0.4) is 0 Å². The van der Waals surface area contributed by atoms with Gasteiger partial charge in [0.15, 0.2) is 0 Å². The van der Waals surface area contributed by atoms with Crippen molar-refractivity contribution in [3.63, 3.8) is 0 Å². The highest BCUT2D eigenvalue weighted by atomic mass is 32.2. The summed E-state index contributed by atoms with van der Waals surface area (Å²) >= 11 is 1.16. The molecular formula is C11H7F3OS. The number of carbonyl (C=O) groups is 1. The van der Waals surface area contributed by atoms with Gasteiger partial charge in [0.2, 0.25) is 5.12 Å². The van der Waals surface area contributed by atoms with Crippen molar-refractivity contribution in [3.8, 4) is 0 Å². The Balaban J connectivity index is 2.27. The van der Waals surface area contributed by atoms with E-state index in [0.717, 1.165) is 29.5 Å². The molecule has 0 amide bonds. The second kappa shape index (κ2) is 3.97. The Morgan fingerprint density at radius 1 is 1.12 bits per heavy atom. The molecule has 1 heterocycles. The zero-order valence-corrected chi connectivity index (χ0v) is 8.86. The fraction of sp³-hybridized carbons (Fsp3) is 0.182. The van der Waals surface area contributed by atoms with E-state index in [0.29, 0.717) is 11.3 Å². The minimum absolute atomic E-state index is 0.0464. The highest BCUT2D eigenvalue weighted by molar-refractivity contribution is 8.14. The third-order valence-electron chi connectivity index (χ3n) is 2.25. The van der Waals surface area contributed by atoms with Crippen molar-refractivity contribution in [2.75, 3.05) is 5.75 Å². The molecule has 16 heavy (non-hydrogen) atoms. The van der Waals surface area contributed by atoms with Crippen molar-refractivity contribution < 1.29 is 18.0 Å². The summed E-state index contributed by atoms with van der Waals surface area (Å²) in [6.45, 7) is 0. The van der Waals surface area contributed by atoms with Gasteiger partial charge in [0.05, 0.1) is 5.56 Å². The van der Waals surface area contributed by atoms with Crippen LogP contribution >= 0.6 is 11.8 Å². The first-order chi connectivity index (χ1) is 7.47. The van der Waals surface area contributed by atoms with E-state index >= 15 is 0 Å². The first-order valence-corrected chi connectivity index (χ1v) is 5.50. The Kier molecular flexibility index (Phi) is 2.80. The van der Waals surface area contributed by atoms with Gasteiger partial charge in [-0.15, -0.1) is 0 Å². The molecule has 1 aromatic carbocycles. The van der Waals surface area contributed by atoms with Crippen LogP contribution in [-0.4, -0.2) is 10.9 Å². The predicted octanol–water partition coefficient (Wildman–Crippen LogP) is 3.36. The summed E-state index contributed by atoms with van der Waals surface area (Å²) in [5.74, 6) is 0.532. The molecule has 1 aliphatic rings. The van der Waals surface area contributed by atoms with Crippen LogP contribution in [0.25, 0.3) is 5.57 Å². The Bertz CT molecular complexity index is 445. The summed E-state index contributed by atoms with van der Waals surface area (Å²) in [5, 5.41) is -0.0464. The number of carbonyl (C=O) groups excluding carboxylic acids is 1. The normalized spacial score (nSPS) is 16.4. The highest BCUT2D eigenvalue weighted by Gasteiger charge is 2.30. The average molecular weight is 244 g/mol. The number of rotatable bonds is 1. The number of thioether (sulfide) groups is 1. The molecule has 5 heteroatoms. The van der Waals surface area contributed by atoms with Gasteiger partial charge in [-0.05, 0) is 29.3 Å². The molecule has 0 spiro atoms. The van der Waals surface area contributed by atoms with Crippen LogP contribution in [0.4, 0.5) is 13.2 Å². The molecule has 84 valence electrons. The summed E-state index contributed by atoms with van der Waals surface area (Å²) in [5.41, 5.74) is 0.781. The summed E-state index contributed by atoms with van der Waals surface area (Å²) in [4.78, 5) is 11.0. The molecule has 1 aromatic rings. The maximum absolute atomic E-state index is 12.3. The molecule has 2 rings (SSSR count). The SMILES string of the molecule is O=C1C=C(c2ccc(C(F)(F)F)cc2)CS1. The van der Waals surface area contributed by atoms with E-state index in [-0.39, 0.29) is 5.12 Å². The van der Waals surface area contributed by atoms with Crippen LogP contribution in [0.15, 0.2) is 30.3 Å². The summed E-state index contributed by atoms with van der Waals surface area (Å²) in [6, 6.07) is 4.86. The van der Waals surface area contributed by atoms with E-state index < -0.39 is 11.7 Å². The van der Waals surface area contributed by atoms with Crippen molar-refractivity contribution in [2.24, 2.45) is 0 Å². The maximum Gasteiger partial charge on any atom is 0.416 e. The lowest BCUT2D eigenvalue weighted by Gasteiger charge is -2.07. The topological polar surface area (TPSA) is 17.1 Å². The number of hydrogen-bond acceptors (Lipinski definition) is 2. The fourth-order valence-corrected chi connectivity index (χ4v) is 2.19. The van der Waals surface area contributed by atoms with Gasteiger partial charge in [-0.2, -0.15) is 13.2 Å². The number of hydrogen-bond donors (Lipinski definition) is 0. The van der Waals surface area contributed by atoms with Gasteiger partial charge < -0.3 is 0 Å². The molecule has 1 nitrogen and oxygen atoms in total. The van der Waals surface area contributed by atoms with Gasteiger partial charge in [0.1, 0.15) is 0 Å². The van der Waals surface area contributed by atoms with E-state index in [1.54, 1.807) is 0 Å². The highest BCUT2D eigenvalue weighted by Crippen LogP contribution is 2.32. The van der Waals surface area contributed by atoms with Crippen molar-refractivity contribution in [1.29, 1.82) is 0 Å². The van der Waals surface area contributed by atoms with Gasteiger partial charge in [-0.1, -0.05) is 23.9 Å². The zero-order chi connectivity index (χ0) is 11.8. The summed E-state index contributed by atoms with van der Waals surface area (Å²) in [6.07, 6.45) is -2.85. The van der Waals surface area contributed by atoms with E-state index in [9.17, 15) is 18.0 Å². The van der Waals surface area contributed by atoms with Gasteiger partial charge in [-0.25, -0.2) is 0 Å². The number of benzene rings is 1. The summed E-state index contributed by atoms with van der Waals surface area (Å²) < 4.78 is 36.9. The number of halogens is 3. The molecule has 0 aliphatic carbocycles. The molecule has 0 N–H and O–H groups in total. The molecule has 0 fully saturated rings. The third-order valence-corrected chi connectivity index (χ3v) is 3.10. The van der Waals surface area contributed by atoms with Crippen molar-refractivity contribution >= 4 is 22.5 Å². The lowest BCUT2D eigenvalue weighted by atomic mass is 10.1.